The van der Waals surface area contributed by atoms with E-state index in [-0.39, 0.29) is 6.04 Å². The Balaban J connectivity index is 3.41. The molecule has 108 valence electrons. The lowest BCUT2D eigenvalue weighted by atomic mass is 10.1. The van der Waals surface area contributed by atoms with Crippen LogP contribution in [0.3, 0.4) is 0 Å². The molecule has 4 nitrogen and oxygen atoms in total. The number of nitrogens with two attached hydrogens (primary N) is 1. The molecule has 0 aromatic heterocycles. The minimum atomic E-state index is -3.48. The Morgan fingerprint density at radius 3 is 2.32 bits per heavy atom. The van der Waals surface area contributed by atoms with Crippen molar-refractivity contribution in [2.45, 2.75) is 52.0 Å². The van der Waals surface area contributed by atoms with E-state index in [1.54, 1.807) is 19.1 Å². The van der Waals surface area contributed by atoms with Crippen molar-refractivity contribution in [2.75, 3.05) is 12.3 Å². The number of hydrogen-bond donors (Lipinski definition) is 1. The molecule has 0 aliphatic carbocycles. The highest BCUT2D eigenvalue weighted by molar-refractivity contribution is 7.89. The normalized spacial score (nSPS) is 12.4. The average Bonchev–Trinajstić information content (AvgIpc) is 2.29. The van der Waals surface area contributed by atoms with E-state index in [9.17, 15) is 8.42 Å². The molecule has 0 spiro atoms. The summed E-state index contributed by atoms with van der Waals surface area (Å²) < 4.78 is 27.1. The van der Waals surface area contributed by atoms with Crippen molar-refractivity contribution in [3.8, 4) is 0 Å². The van der Waals surface area contributed by atoms with Gasteiger partial charge in [0.2, 0.25) is 10.0 Å². The third-order valence-electron chi connectivity index (χ3n) is 3.15. The second-order valence-electron chi connectivity index (χ2n) is 5.19. The standard InChI is InChI=1S/C14H24N2O2S/c1-6-7-16(10(2)3)19(17,18)14-9-11(4)8-13(15)12(14)5/h8-10H,6-7,15H2,1-5H3. The van der Waals surface area contributed by atoms with Gasteiger partial charge < -0.3 is 5.73 Å². The Labute approximate surface area is 116 Å². The van der Waals surface area contributed by atoms with Gasteiger partial charge in [-0.25, -0.2) is 8.42 Å². The molecule has 0 aliphatic heterocycles. The molecule has 0 fully saturated rings. The maximum absolute atomic E-state index is 12.8. The maximum atomic E-state index is 12.8. The second-order valence-corrected chi connectivity index (χ2v) is 7.05. The first kappa shape index (κ1) is 16.0. The van der Waals surface area contributed by atoms with Crippen LogP contribution in [0.1, 0.15) is 38.3 Å². The van der Waals surface area contributed by atoms with Crippen LogP contribution < -0.4 is 5.73 Å². The molecule has 0 saturated heterocycles. The highest BCUT2D eigenvalue weighted by atomic mass is 32.2. The molecular formula is C14H24N2O2S. The highest BCUT2D eigenvalue weighted by Crippen LogP contribution is 2.27. The molecule has 0 amide bonds. The fourth-order valence-electron chi connectivity index (χ4n) is 2.12. The minimum Gasteiger partial charge on any atom is -0.398 e. The molecule has 0 bridgehead atoms. The molecule has 5 heteroatoms. The zero-order valence-corrected chi connectivity index (χ0v) is 13.2. The Kier molecular flexibility index (Phi) is 4.98. The zero-order valence-electron chi connectivity index (χ0n) is 12.4. The van der Waals surface area contributed by atoms with Crippen molar-refractivity contribution >= 4 is 15.7 Å². The maximum Gasteiger partial charge on any atom is 0.243 e. The molecule has 1 aromatic carbocycles. The molecule has 1 aromatic rings. The number of benzene rings is 1. The van der Waals surface area contributed by atoms with E-state index in [0.717, 1.165) is 12.0 Å². The van der Waals surface area contributed by atoms with Gasteiger partial charge in [-0.15, -0.1) is 0 Å². The monoisotopic (exact) mass is 284 g/mol. The number of rotatable bonds is 5. The van der Waals surface area contributed by atoms with E-state index in [1.807, 2.05) is 27.7 Å². The summed E-state index contributed by atoms with van der Waals surface area (Å²) in [6.45, 7) is 9.89. The van der Waals surface area contributed by atoms with E-state index in [0.29, 0.717) is 22.7 Å². The molecule has 0 atom stereocenters. The molecule has 19 heavy (non-hydrogen) atoms. The van der Waals surface area contributed by atoms with Crippen LogP contribution in [-0.4, -0.2) is 25.3 Å². The third-order valence-corrected chi connectivity index (χ3v) is 5.35. The first-order chi connectivity index (χ1) is 8.71. The summed E-state index contributed by atoms with van der Waals surface area (Å²) in [5.41, 5.74) is 7.91. The molecule has 0 radical (unpaired) electrons. The lowest BCUT2D eigenvalue weighted by Crippen LogP contribution is -2.37. The summed E-state index contributed by atoms with van der Waals surface area (Å²) in [5, 5.41) is 0. The number of aryl methyl sites for hydroxylation is 1. The summed E-state index contributed by atoms with van der Waals surface area (Å²) in [4.78, 5) is 0.326. The van der Waals surface area contributed by atoms with Gasteiger partial charge in [-0.05, 0) is 57.4 Å². The summed E-state index contributed by atoms with van der Waals surface area (Å²) in [5.74, 6) is 0. The van der Waals surface area contributed by atoms with Gasteiger partial charge in [0.1, 0.15) is 0 Å². The van der Waals surface area contributed by atoms with E-state index >= 15 is 0 Å². The van der Waals surface area contributed by atoms with Crippen LogP contribution in [0.2, 0.25) is 0 Å². The molecular weight excluding hydrogens is 260 g/mol. The van der Waals surface area contributed by atoms with Crippen LogP contribution in [0.5, 0.6) is 0 Å². The van der Waals surface area contributed by atoms with Gasteiger partial charge in [0.25, 0.3) is 0 Å². The SMILES string of the molecule is CCCN(C(C)C)S(=O)(=O)c1cc(C)cc(N)c1C. The van der Waals surface area contributed by atoms with E-state index in [1.165, 1.54) is 4.31 Å². The van der Waals surface area contributed by atoms with Crippen LogP contribution in [0.25, 0.3) is 0 Å². The summed E-state index contributed by atoms with van der Waals surface area (Å²) in [6, 6.07) is 3.44. The quantitative estimate of drug-likeness (QED) is 0.846. The predicted octanol–water partition coefficient (Wildman–Crippen LogP) is 2.69. The summed E-state index contributed by atoms with van der Waals surface area (Å²) >= 11 is 0. The van der Waals surface area contributed by atoms with Gasteiger partial charge in [-0.1, -0.05) is 6.92 Å². The topological polar surface area (TPSA) is 63.4 Å². The molecule has 0 saturated carbocycles. The molecule has 0 heterocycles. The Hall–Kier alpha value is -1.07. The van der Waals surface area contributed by atoms with Crippen LogP contribution in [-0.2, 0) is 10.0 Å². The van der Waals surface area contributed by atoms with Crippen molar-refractivity contribution in [3.63, 3.8) is 0 Å². The van der Waals surface area contributed by atoms with Crippen molar-refractivity contribution in [1.29, 1.82) is 0 Å². The molecule has 1 rings (SSSR count). The van der Waals surface area contributed by atoms with Crippen molar-refractivity contribution in [2.24, 2.45) is 0 Å². The molecule has 2 N–H and O–H groups in total. The number of nitrogen functional groups attached to an aromatic ring is 1. The smallest absolute Gasteiger partial charge is 0.243 e. The summed E-state index contributed by atoms with van der Waals surface area (Å²) in [7, 11) is -3.48. The average molecular weight is 284 g/mol. The zero-order chi connectivity index (χ0) is 14.8. The van der Waals surface area contributed by atoms with Gasteiger partial charge in [-0.3, -0.25) is 0 Å². The first-order valence-corrected chi connectivity index (χ1v) is 8.04. The van der Waals surface area contributed by atoms with E-state index in [4.69, 9.17) is 5.73 Å². The van der Waals surface area contributed by atoms with Gasteiger partial charge in [0, 0.05) is 18.3 Å². The fourth-order valence-corrected chi connectivity index (χ4v) is 4.19. The van der Waals surface area contributed by atoms with Crippen molar-refractivity contribution in [1.82, 2.24) is 4.31 Å². The summed E-state index contributed by atoms with van der Waals surface area (Å²) in [6.07, 6.45) is 0.789. The Morgan fingerprint density at radius 1 is 1.26 bits per heavy atom. The third kappa shape index (κ3) is 3.28. The largest absolute Gasteiger partial charge is 0.398 e. The van der Waals surface area contributed by atoms with E-state index < -0.39 is 10.0 Å². The number of anilines is 1. The Morgan fingerprint density at radius 2 is 1.84 bits per heavy atom. The van der Waals surface area contributed by atoms with Crippen molar-refractivity contribution in [3.05, 3.63) is 23.3 Å². The van der Waals surface area contributed by atoms with Crippen molar-refractivity contribution < 1.29 is 8.42 Å². The van der Waals surface area contributed by atoms with Crippen LogP contribution in [0, 0.1) is 13.8 Å². The van der Waals surface area contributed by atoms with Crippen LogP contribution >= 0.6 is 0 Å². The lowest BCUT2D eigenvalue weighted by Gasteiger charge is -2.26. The highest BCUT2D eigenvalue weighted by Gasteiger charge is 2.28. The van der Waals surface area contributed by atoms with Gasteiger partial charge in [0.15, 0.2) is 0 Å². The molecule has 0 unspecified atom stereocenters. The second kappa shape index (κ2) is 5.92. The molecule has 0 aliphatic rings. The lowest BCUT2D eigenvalue weighted by molar-refractivity contribution is 0.354. The predicted molar refractivity (Wildman–Crippen MR) is 79.6 cm³/mol. The van der Waals surface area contributed by atoms with Gasteiger partial charge >= 0.3 is 0 Å². The number of hydrogen-bond acceptors (Lipinski definition) is 3. The fraction of sp³-hybridized carbons (Fsp3) is 0.571. The Bertz CT molecular complexity index is 551. The minimum absolute atomic E-state index is 0.0638. The van der Waals surface area contributed by atoms with Gasteiger partial charge in [-0.2, -0.15) is 4.31 Å². The van der Waals surface area contributed by atoms with Crippen LogP contribution in [0.4, 0.5) is 5.69 Å². The first-order valence-electron chi connectivity index (χ1n) is 6.60. The van der Waals surface area contributed by atoms with E-state index in [2.05, 4.69) is 0 Å². The number of nitrogens with zero attached hydrogens (tertiary/aromatic N) is 1. The van der Waals surface area contributed by atoms with Crippen LogP contribution in [0.15, 0.2) is 17.0 Å². The number of sulfonamides is 1. The van der Waals surface area contributed by atoms with Gasteiger partial charge in [0.05, 0.1) is 4.90 Å².